The lowest BCUT2D eigenvalue weighted by Crippen LogP contribution is -1.72. The lowest BCUT2D eigenvalue weighted by molar-refractivity contribution is 1.53. The van der Waals surface area contributed by atoms with Crippen molar-refractivity contribution in [2.75, 3.05) is 0 Å². The average Bonchev–Trinajstić information content (AvgIpc) is 2.01. The molecule has 0 aliphatic carbocycles. The van der Waals surface area contributed by atoms with E-state index in [1.165, 1.54) is 9.65 Å². The number of hydrogen-bond donors (Lipinski definition) is 0. The van der Waals surface area contributed by atoms with Crippen molar-refractivity contribution in [1.82, 2.24) is 0 Å². The highest BCUT2D eigenvalue weighted by atomic mass is 127. The minimum absolute atomic E-state index is 1.07. The van der Waals surface area contributed by atoms with E-state index in [1.807, 2.05) is 30.3 Å². The van der Waals surface area contributed by atoms with E-state index < -0.39 is 0 Å². The van der Waals surface area contributed by atoms with Crippen LogP contribution in [0.5, 0.6) is 0 Å². The minimum Gasteiger partial charge on any atom is -0.193 e. The monoisotopic (exact) mass is 255 g/mol. The Hall–Kier alpha value is -0.820. The molecule has 0 heterocycles. The van der Waals surface area contributed by atoms with Gasteiger partial charge in [0.15, 0.2) is 0 Å². The Bertz CT molecular complexity index is 310. The van der Waals surface area contributed by atoms with Gasteiger partial charge in [0.05, 0.1) is 6.07 Å². The molecule has 11 heavy (non-hydrogen) atoms. The first-order valence-corrected chi connectivity index (χ1v) is 4.22. The van der Waals surface area contributed by atoms with Gasteiger partial charge in [0.1, 0.15) is 0 Å². The van der Waals surface area contributed by atoms with Crippen molar-refractivity contribution in [3.63, 3.8) is 0 Å². The van der Waals surface area contributed by atoms with E-state index in [4.69, 9.17) is 5.26 Å². The molecule has 0 bridgehead atoms. The maximum atomic E-state index is 8.26. The van der Waals surface area contributed by atoms with Crippen LogP contribution in [0.15, 0.2) is 30.3 Å². The predicted octanol–water partition coefficient (Wildman–Crippen LogP) is 2.83. The maximum Gasteiger partial charge on any atom is 0.0912 e. The molecule has 0 saturated heterocycles. The van der Waals surface area contributed by atoms with E-state index in [1.54, 1.807) is 6.08 Å². The lowest BCUT2D eigenvalue weighted by atomic mass is 10.2. The highest BCUT2D eigenvalue weighted by molar-refractivity contribution is 14.1. The number of rotatable bonds is 1. The van der Waals surface area contributed by atoms with Crippen molar-refractivity contribution >= 4 is 28.7 Å². The minimum atomic E-state index is 1.07. The molecule has 0 spiro atoms. The first-order valence-electron chi connectivity index (χ1n) is 3.14. The standard InChI is InChI=1S/C9H6IN/c10-9-5-1-3-8(7-9)4-2-6-11/h1-5,7H. The third kappa shape index (κ3) is 2.72. The maximum absolute atomic E-state index is 8.26. The van der Waals surface area contributed by atoms with Crippen molar-refractivity contribution in [3.8, 4) is 6.07 Å². The van der Waals surface area contributed by atoms with Crippen LogP contribution in [0.1, 0.15) is 5.56 Å². The van der Waals surface area contributed by atoms with Gasteiger partial charge in [-0.05, 0) is 46.4 Å². The molecule has 1 nitrogen and oxygen atoms in total. The van der Waals surface area contributed by atoms with Crippen LogP contribution >= 0.6 is 22.6 Å². The van der Waals surface area contributed by atoms with Gasteiger partial charge in [-0.15, -0.1) is 0 Å². The van der Waals surface area contributed by atoms with E-state index in [9.17, 15) is 0 Å². The summed E-state index contributed by atoms with van der Waals surface area (Å²) >= 11 is 2.24. The highest BCUT2D eigenvalue weighted by Gasteiger charge is 1.86. The van der Waals surface area contributed by atoms with Crippen molar-refractivity contribution in [2.45, 2.75) is 0 Å². The fourth-order valence-corrected chi connectivity index (χ4v) is 1.31. The number of nitriles is 1. The smallest absolute Gasteiger partial charge is 0.0912 e. The molecule has 2 heteroatoms. The Labute approximate surface area is 79.5 Å². The lowest BCUT2D eigenvalue weighted by Gasteiger charge is -1.91. The summed E-state index contributed by atoms with van der Waals surface area (Å²) in [5.41, 5.74) is 1.07. The van der Waals surface area contributed by atoms with Gasteiger partial charge >= 0.3 is 0 Å². The number of nitrogens with zero attached hydrogens (tertiary/aromatic N) is 1. The Morgan fingerprint density at radius 1 is 1.45 bits per heavy atom. The molecule has 1 aromatic rings. The van der Waals surface area contributed by atoms with Crippen molar-refractivity contribution < 1.29 is 0 Å². The molecular weight excluding hydrogens is 249 g/mol. The zero-order valence-electron chi connectivity index (χ0n) is 5.79. The molecule has 0 aromatic heterocycles. The Morgan fingerprint density at radius 2 is 2.27 bits per heavy atom. The van der Waals surface area contributed by atoms with Gasteiger partial charge in [-0.25, -0.2) is 0 Å². The molecule has 0 unspecified atom stereocenters. The largest absolute Gasteiger partial charge is 0.193 e. The van der Waals surface area contributed by atoms with Crippen LogP contribution in [0.25, 0.3) is 6.08 Å². The number of halogens is 1. The molecule has 1 aromatic carbocycles. The zero-order valence-corrected chi connectivity index (χ0v) is 7.95. The van der Waals surface area contributed by atoms with E-state index in [0.717, 1.165) is 5.56 Å². The summed E-state index contributed by atoms with van der Waals surface area (Å²) in [6.07, 6.45) is 3.27. The van der Waals surface area contributed by atoms with Gasteiger partial charge in [0, 0.05) is 9.65 Å². The fourth-order valence-electron chi connectivity index (χ4n) is 0.744. The summed E-state index contributed by atoms with van der Waals surface area (Å²) in [5.74, 6) is 0. The third-order valence-corrected chi connectivity index (χ3v) is 1.87. The van der Waals surface area contributed by atoms with Crippen molar-refractivity contribution in [2.24, 2.45) is 0 Å². The van der Waals surface area contributed by atoms with Crippen LogP contribution < -0.4 is 0 Å². The predicted molar refractivity (Wildman–Crippen MR) is 53.8 cm³/mol. The molecule has 0 N–H and O–H groups in total. The summed E-state index contributed by atoms with van der Waals surface area (Å²) < 4.78 is 1.18. The summed E-state index contributed by atoms with van der Waals surface area (Å²) in [6, 6.07) is 9.93. The quantitative estimate of drug-likeness (QED) is 0.559. The van der Waals surface area contributed by atoms with Crippen LogP contribution in [-0.4, -0.2) is 0 Å². The van der Waals surface area contributed by atoms with Crippen molar-refractivity contribution in [3.05, 3.63) is 39.5 Å². The highest BCUT2D eigenvalue weighted by Crippen LogP contribution is 2.08. The van der Waals surface area contributed by atoms with E-state index >= 15 is 0 Å². The Kier molecular flexibility index (Phi) is 3.12. The molecular formula is C9H6IN. The van der Waals surface area contributed by atoms with Gasteiger partial charge in [-0.2, -0.15) is 5.26 Å². The molecule has 0 aliphatic heterocycles. The average molecular weight is 255 g/mol. The van der Waals surface area contributed by atoms with Crippen LogP contribution in [0.2, 0.25) is 0 Å². The number of benzene rings is 1. The molecule has 0 radical (unpaired) electrons. The van der Waals surface area contributed by atoms with Gasteiger partial charge in [-0.1, -0.05) is 12.1 Å². The van der Waals surface area contributed by atoms with Gasteiger partial charge in [-0.3, -0.25) is 0 Å². The normalized spacial score (nSPS) is 9.82. The molecule has 0 atom stereocenters. The summed E-state index contributed by atoms with van der Waals surface area (Å²) in [4.78, 5) is 0. The Morgan fingerprint density at radius 3 is 2.91 bits per heavy atom. The Balaban J connectivity index is 2.90. The first-order chi connectivity index (χ1) is 5.33. The SMILES string of the molecule is N#CC=Cc1cccc(I)c1. The van der Waals surface area contributed by atoms with Gasteiger partial charge < -0.3 is 0 Å². The molecule has 54 valence electrons. The zero-order chi connectivity index (χ0) is 8.10. The van der Waals surface area contributed by atoms with Crippen LogP contribution in [-0.2, 0) is 0 Å². The third-order valence-electron chi connectivity index (χ3n) is 1.20. The van der Waals surface area contributed by atoms with Crippen molar-refractivity contribution in [1.29, 1.82) is 5.26 Å². The topological polar surface area (TPSA) is 23.8 Å². The summed E-state index contributed by atoms with van der Waals surface area (Å²) in [7, 11) is 0. The van der Waals surface area contributed by atoms with E-state index in [2.05, 4.69) is 22.6 Å². The second-order valence-electron chi connectivity index (χ2n) is 2.02. The van der Waals surface area contributed by atoms with E-state index in [-0.39, 0.29) is 0 Å². The summed E-state index contributed by atoms with van der Waals surface area (Å²) in [5, 5.41) is 8.26. The second kappa shape index (κ2) is 4.14. The number of hydrogen-bond acceptors (Lipinski definition) is 1. The molecule has 0 aliphatic rings. The molecule has 1 rings (SSSR count). The van der Waals surface area contributed by atoms with Crippen LogP contribution in [0.3, 0.4) is 0 Å². The summed E-state index contributed by atoms with van der Waals surface area (Å²) in [6.45, 7) is 0. The molecule has 0 amide bonds. The molecule has 0 fully saturated rings. The van der Waals surface area contributed by atoms with Crippen LogP contribution in [0, 0.1) is 14.9 Å². The first kappa shape index (κ1) is 8.28. The van der Waals surface area contributed by atoms with E-state index in [0.29, 0.717) is 0 Å². The van der Waals surface area contributed by atoms with Gasteiger partial charge in [0.2, 0.25) is 0 Å². The van der Waals surface area contributed by atoms with Gasteiger partial charge in [0.25, 0.3) is 0 Å². The second-order valence-corrected chi connectivity index (χ2v) is 3.26. The molecule has 0 saturated carbocycles. The number of allylic oxidation sites excluding steroid dienone is 1. The van der Waals surface area contributed by atoms with Crippen LogP contribution in [0.4, 0.5) is 0 Å². The fraction of sp³-hybridized carbons (Fsp3) is 0.